The summed E-state index contributed by atoms with van der Waals surface area (Å²) in [6, 6.07) is 5.10. The molecule has 0 saturated carbocycles. The first kappa shape index (κ1) is 14.2. The van der Waals surface area contributed by atoms with E-state index < -0.39 is 5.91 Å². The number of halogens is 1. The van der Waals surface area contributed by atoms with Crippen LogP contribution in [0.25, 0.3) is 0 Å². The minimum absolute atomic E-state index is 0.240. The monoisotopic (exact) mass is 281 g/mol. The first-order valence-corrected chi connectivity index (χ1v) is 6.92. The number of piperidine rings is 1. The van der Waals surface area contributed by atoms with Crippen molar-refractivity contribution in [1.82, 2.24) is 5.32 Å². The highest BCUT2D eigenvalue weighted by atomic mass is 35.5. The Morgan fingerprint density at radius 3 is 2.95 bits per heavy atom. The van der Waals surface area contributed by atoms with E-state index in [1.54, 1.807) is 12.1 Å². The zero-order valence-corrected chi connectivity index (χ0v) is 11.9. The first-order chi connectivity index (χ1) is 9.00. The average molecular weight is 282 g/mol. The lowest BCUT2D eigenvalue weighted by Gasteiger charge is -2.34. The Morgan fingerprint density at radius 1 is 1.58 bits per heavy atom. The fourth-order valence-corrected chi connectivity index (χ4v) is 2.64. The highest BCUT2D eigenvalue weighted by Crippen LogP contribution is 2.28. The summed E-state index contributed by atoms with van der Waals surface area (Å²) < 4.78 is 0. The lowest BCUT2D eigenvalue weighted by Crippen LogP contribution is -2.42. The standard InChI is InChI=1S/C14H20ClN3O/c1-14(5-2-6-17-8-14)9-18-12-4-3-10(13(16)19)7-11(12)15/h3-4,7,17-18H,2,5-6,8-9H2,1H3,(H2,16,19). The number of anilines is 1. The van der Waals surface area contributed by atoms with Gasteiger partial charge in [0.2, 0.25) is 5.91 Å². The number of carbonyl (C=O) groups is 1. The number of hydrogen-bond acceptors (Lipinski definition) is 3. The molecule has 1 aromatic carbocycles. The number of hydrogen-bond donors (Lipinski definition) is 3. The molecule has 1 fully saturated rings. The molecule has 1 saturated heterocycles. The van der Waals surface area contributed by atoms with E-state index in [2.05, 4.69) is 17.6 Å². The van der Waals surface area contributed by atoms with Crippen molar-refractivity contribution in [2.24, 2.45) is 11.1 Å². The van der Waals surface area contributed by atoms with Crippen LogP contribution in [0.5, 0.6) is 0 Å². The van der Waals surface area contributed by atoms with E-state index in [9.17, 15) is 4.79 Å². The molecule has 4 N–H and O–H groups in total. The van der Waals surface area contributed by atoms with Crippen LogP contribution in [-0.4, -0.2) is 25.5 Å². The molecule has 2 rings (SSSR count). The maximum atomic E-state index is 11.1. The molecule has 1 amide bonds. The van der Waals surface area contributed by atoms with E-state index >= 15 is 0 Å². The van der Waals surface area contributed by atoms with Crippen molar-refractivity contribution in [2.75, 3.05) is 25.0 Å². The maximum absolute atomic E-state index is 11.1. The van der Waals surface area contributed by atoms with Gasteiger partial charge in [0.05, 0.1) is 10.7 Å². The number of nitrogens with two attached hydrogens (primary N) is 1. The van der Waals surface area contributed by atoms with Crippen molar-refractivity contribution in [2.45, 2.75) is 19.8 Å². The van der Waals surface area contributed by atoms with Crippen LogP contribution >= 0.6 is 11.6 Å². The molecule has 1 aromatic rings. The van der Waals surface area contributed by atoms with Crippen LogP contribution in [-0.2, 0) is 0 Å². The maximum Gasteiger partial charge on any atom is 0.248 e. The fourth-order valence-electron chi connectivity index (χ4n) is 2.39. The minimum atomic E-state index is -0.461. The molecule has 1 aliphatic rings. The fraction of sp³-hybridized carbons (Fsp3) is 0.500. The van der Waals surface area contributed by atoms with Crippen molar-refractivity contribution in [3.63, 3.8) is 0 Å². The quantitative estimate of drug-likeness (QED) is 0.793. The summed E-state index contributed by atoms with van der Waals surface area (Å²) in [4.78, 5) is 11.1. The van der Waals surface area contributed by atoms with Gasteiger partial charge in [0.25, 0.3) is 0 Å². The predicted octanol–water partition coefficient (Wildman–Crippen LogP) is 2.24. The van der Waals surface area contributed by atoms with E-state index in [-0.39, 0.29) is 5.41 Å². The lowest BCUT2D eigenvalue weighted by atomic mass is 9.83. The van der Waals surface area contributed by atoms with Gasteiger partial charge in [-0.25, -0.2) is 0 Å². The molecule has 0 aromatic heterocycles. The predicted molar refractivity (Wildman–Crippen MR) is 78.7 cm³/mol. The summed E-state index contributed by atoms with van der Waals surface area (Å²) in [5, 5.41) is 7.31. The van der Waals surface area contributed by atoms with Crippen molar-refractivity contribution >= 4 is 23.2 Å². The van der Waals surface area contributed by atoms with Crippen LogP contribution < -0.4 is 16.4 Å². The largest absolute Gasteiger partial charge is 0.383 e. The summed E-state index contributed by atoms with van der Waals surface area (Å²) in [6.45, 7) is 5.23. The van der Waals surface area contributed by atoms with Gasteiger partial charge in [-0.1, -0.05) is 18.5 Å². The van der Waals surface area contributed by atoms with Crippen LogP contribution in [0.4, 0.5) is 5.69 Å². The van der Waals surface area contributed by atoms with E-state index in [0.717, 1.165) is 25.3 Å². The SMILES string of the molecule is CC1(CNc2ccc(C(N)=O)cc2Cl)CCCNC1. The van der Waals surface area contributed by atoms with Gasteiger partial charge in [-0.2, -0.15) is 0 Å². The molecule has 4 nitrogen and oxygen atoms in total. The topological polar surface area (TPSA) is 67.1 Å². The molecule has 19 heavy (non-hydrogen) atoms. The number of rotatable bonds is 4. The average Bonchev–Trinajstić information content (AvgIpc) is 2.38. The Morgan fingerprint density at radius 2 is 2.37 bits per heavy atom. The Labute approximate surface area is 118 Å². The van der Waals surface area contributed by atoms with E-state index in [1.165, 1.54) is 12.8 Å². The Balaban J connectivity index is 2.01. The Hall–Kier alpha value is -1.26. The highest BCUT2D eigenvalue weighted by Gasteiger charge is 2.26. The Kier molecular flexibility index (Phi) is 4.32. The number of carbonyl (C=O) groups excluding carboxylic acids is 1. The molecule has 1 aliphatic heterocycles. The number of nitrogens with one attached hydrogen (secondary N) is 2. The summed E-state index contributed by atoms with van der Waals surface area (Å²) >= 11 is 6.15. The third-order valence-electron chi connectivity index (χ3n) is 3.64. The van der Waals surface area contributed by atoms with Gasteiger partial charge in [-0.05, 0) is 43.0 Å². The highest BCUT2D eigenvalue weighted by molar-refractivity contribution is 6.33. The third kappa shape index (κ3) is 3.61. The summed E-state index contributed by atoms with van der Waals surface area (Å²) in [6.07, 6.45) is 2.40. The summed E-state index contributed by atoms with van der Waals surface area (Å²) in [5.41, 5.74) is 6.74. The van der Waals surface area contributed by atoms with Gasteiger partial charge in [-0.15, -0.1) is 0 Å². The Bertz CT molecular complexity index is 470. The molecule has 0 radical (unpaired) electrons. The normalized spacial score (nSPS) is 23.1. The van der Waals surface area contributed by atoms with E-state index in [0.29, 0.717) is 10.6 Å². The van der Waals surface area contributed by atoms with Crippen LogP contribution in [0.1, 0.15) is 30.1 Å². The van der Waals surface area contributed by atoms with Gasteiger partial charge >= 0.3 is 0 Å². The van der Waals surface area contributed by atoms with E-state index in [1.807, 2.05) is 6.07 Å². The van der Waals surface area contributed by atoms with Crippen LogP contribution in [0, 0.1) is 5.41 Å². The van der Waals surface area contributed by atoms with Gasteiger partial charge in [0.15, 0.2) is 0 Å². The summed E-state index contributed by atoms with van der Waals surface area (Å²) in [7, 11) is 0. The molecular formula is C14H20ClN3O. The molecule has 5 heteroatoms. The van der Waals surface area contributed by atoms with Crippen molar-refractivity contribution in [3.8, 4) is 0 Å². The molecule has 1 atom stereocenters. The minimum Gasteiger partial charge on any atom is -0.383 e. The van der Waals surface area contributed by atoms with Crippen LogP contribution in [0.3, 0.4) is 0 Å². The molecule has 0 aliphatic carbocycles. The number of amides is 1. The van der Waals surface area contributed by atoms with Gasteiger partial charge in [0, 0.05) is 18.7 Å². The smallest absolute Gasteiger partial charge is 0.248 e. The lowest BCUT2D eigenvalue weighted by molar-refractivity contribution is 0.100. The van der Waals surface area contributed by atoms with Crippen molar-refractivity contribution in [3.05, 3.63) is 28.8 Å². The third-order valence-corrected chi connectivity index (χ3v) is 3.96. The van der Waals surface area contributed by atoms with Crippen molar-refractivity contribution < 1.29 is 4.79 Å². The van der Waals surface area contributed by atoms with Gasteiger partial charge in [-0.3, -0.25) is 4.79 Å². The second-order valence-corrected chi connectivity index (χ2v) is 5.91. The molecule has 0 bridgehead atoms. The van der Waals surface area contributed by atoms with Gasteiger partial charge in [0.1, 0.15) is 0 Å². The number of primary amides is 1. The zero-order chi connectivity index (χ0) is 13.9. The van der Waals surface area contributed by atoms with Crippen LogP contribution in [0.15, 0.2) is 18.2 Å². The molecule has 1 unspecified atom stereocenters. The second-order valence-electron chi connectivity index (χ2n) is 5.50. The molecule has 0 spiro atoms. The van der Waals surface area contributed by atoms with Gasteiger partial charge < -0.3 is 16.4 Å². The molecule has 104 valence electrons. The zero-order valence-electron chi connectivity index (χ0n) is 11.1. The van der Waals surface area contributed by atoms with Crippen LogP contribution in [0.2, 0.25) is 5.02 Å². The van der Waals surface area contributed by atoms with E-state index in [4.69, 9.17) is 17.3 Å². The first-order valence-electron chi connectivity index (χ1n) is 6.54. The summed E-state index contributed by atoms with van der Waals surface area (Å²) in [5.74, 6) is -0.461. The molecular weight excluding hydrogens is 262 g/mol. The second kappa shape index (κ2) is 5.80. The number of benzene rings is 1. The molecule has 1 heterocycles. The van der Waals surface area contributed by atoms with Crippen molar-refractivity contribution in [1.29, 1.82) is 0 Å².